The van der Waals surface area contributed by atoms with Crippen molar-refractivity contribution in [3.8, 4) is 0 Å². The summed E-state index contributed by atoms with van der Waals surface area (Å²) < 4.78 is 0. The van der Waals surface area contributed by atoms with Gasteiger partial charge >= 0.3 is 0 Å². The van der Waals surface area contributed by atoms with Crippen molar-refractivity contribution in [1.82, 2.24) is 15.0 Å². The minimum absolute atomic E-state index is 0.511. The van der Waals surface area contributed by atoms with Crippen molar-refractivity contribution < 1.29 is 0 Å². The molecule has 0 spiro atoms. The number of aromatic nitrogens is 3. The van der Waals surface area contributed by atoms with Crippen molar-refractivity contribution in [2.75, 3.05) is 42.3 Å². The van der Waals surface area contributed by atoms with Crippen molar-refractivity contribution in [2.24, 2.45) is 0 Å². The minimum Gasteiger partial charge on any atom is -0.354 e. The zero-order chi connectivity index (χ0) is 13.8. The highest BCUT2D eigenvalue weighted by molar-refractivity contribution is 5.45. The van der Waals surface area contributed by atoms with Gasteiger partial charge in [-0.15, -0.1) is 0 Å². The molecule has 1 unspecified atom stereocenters. The molecule has 1 aliphatic heterocycles. The molecule has 1 fully saturated rings. The van der Waals surface area contributed by atoms with Crippen molar-refractivity contribution in [1.29, 1.82) is 0 Å². The number of hydrogen-bond donors (Lipinski definition) is 1. The molecule has 0 radical (unpaired) electrons. The van der Waals surface area contributed by atoms with Crippen LogP contribution in [0.5, 0.6) is 0 Å². The predicted molar refractivity (Wildman–Crippen MR) is 79.0 cm³/mol. The Labute approximate surface area is 115 Å². The molecule has 1 aromatic heterocycles. The Hall–Kier alpha value is -1.59. The Morgan fingerprint density at radius 1 is 1.32 bits per heavy atom. The molecule has 106 valence electrons. The summed E-state index contributed by atoms with van der Waals surface area (Å²) in [7, 11) is 3.91. The molecule has 2 rings (SSSR count). The van der Waals surface area contributed by atoms with Crippen LogP contribution in [-0.2, 0) is 0 Å². The second kappa shape index (κ2) is 6.04. The van der Waals surface area contributed by atoms with Crippen molar-refractivity contribution in [2.45, 2.75) is 39.2 Å². The van der Waals surface area contributed by atoms with E-state index in [0.29, 0.717) is 17.9 Å². The van der Waals surface area contributed by atoms with Gasteiger partial charge in [0.2, 0.25) is 17.8 Å². The van der Waals surface area contributed by atoms with Crippen LogP contribution < -0.4 is 15.1 Å². The monoisotopic (exact) mass is 264 g/mol. The molecular weight excluding hydrogens is 240 g/mol. The molecule has 0 saturated carbocycles. The summed E-state index contributed by atoms with van der Waals surface area (Å²) in [6, 6.07) is 0.511. The Balaban J connectivity index is 2.28. The van der Waals surface area contributed by atoms with Crippen molar-refractivity contribution in [3.63, 3.8) is 0 Å². The highest BCUT2D eigenvalue weighted by Gasteiger charge is 2.24. The Bertz CT molecular complexity index is 420. The van der Waals surface area contributed by atoms with E-state index in [1.165, 1.54) is 12.8 Å². The average molecular weight is 264 g/mol. The van der Waals surface area contributed by atoms with Crippen LogP contribution in [0.3, 0.4) is 0 Å². The fourth-order valence-corrected chi connectivity index (χ4v) is 2.23. The van der Waals surface area contributed by atoms with Gasteiger partial charge in [-0.25, -0.2) is 0 Å². The summed E-state index contributed by atoms with van der Waals surface area (Å²) in [5, 5.41) is 3.25. The molecule has 1 atom stereocenters. The van der Waals surface area contributed by atoms with Gasteiger partial charge in [-0.3, -0.25) is 0 Å². The first-order valence-corrected chi connectivity index (χ1v) is 7.05. The van der Waals surface area contributed by atoms with E-state index in [9.17, 15) is 0 Å². The average Bonchev–Trinajstić information content (AvgIpc) is 2.82. The van der Waals surface area contributed by atoms with E-state index in [2.05, 4.69) is 39.0 Å². The third-order valence-electron chi connectivity index (χ3n) is 3.35. The number of hydrogen-bond acceptors (Lipinski definition) is 6. The summed E-state index contributed by atoms with van der Waals surface area (Å²) in [6.07, 6.45) is 3.47. The molecule has 1 N–H and O–H groups in total. The Morgan fingerprint density at radius 2 is 2.11 bits per heavy atom. The van der Waals surface area contributed by atoms with Crippen LogP contribution in [0.25, 0.3) is 0 Å². The standard InChI is InChI=1S/C13H24N6/c1-5-8-14-11-15-12(18(3)4)17-13(16-11)19-9-6-7-10(19)2/h10H,5-9H2,1-4H3,(H,14,15,16,17). The number of rotatable bonds is 5. The predicted octanol–water partition coefficient (Wildman–Crippen LogP) is 1.75. The summed E-state index contributed by atoms with van der Waals surface area (Å²) in [6.45, 7) is 6.27. The highest BCUT2D eigenvalue weighted by Crippen LogP contribution is 2.24. The van der Waals surface area contributed by atoms with E-state index in [1.807, 2.05) is 19.0 Å². The third kappa shape index (κ3) is 3.24. The SMILES string of the molecule is CCCNc1nc(N(C)C)nc(N2CCCC2C)n1. The van der Waals surface area contributed by atoms with E-state index >= 15 is 0 Å². The van der Waals surface area contributed by atoms with Crippen LogP contribution in [0.4, 0.5) is 17.8 Å². The van der Waals surface area contributed by atoms with Crippen LogP contribution >= 0.6 is 0 Å². The molecule has 19 heavy (non-hydrogen) atoms. The molecule has 6 heteroatoms. The van der Waals surface area contributed by atoms with Crippen LogP contribution in [0, 0.1) is 0 Å². The second-order valence-corrected chi connectivity index (χ2v) is 5.26. The summed E-state index contributed by atoms with van der Waals surface area (Å²) >= 11 is 0. The van der Waals surface area contributed by atoms with Crippen LogP contribution in [0.2, 0.25) is 0 Å². The summed E-state index contributed by atoms with van der Waals surface area (Å²) in [4.78, 5) is 17.7. The van der Waals surface area contributed by atoms with E-state index in [0.717, 1.165) is 25.5 Å². The molecule has 0 aliphatic carbocycles. The van der Waals surface area contributed by atoms with Crippen LogP contribution in [0.1, 0.15) is 33.1 Å². The molecule has 0 aromatic carbocycles. The zero-order valence-corrected chi connectivity index (χ0v) is 12.3. The Morgan fingerprint density at radius 3 is 2.68 bits per heavy atom. The van der Waals surface area contributed by atoms with E-state index in [4.69, 9.17) is 0 Å². The first-order chi connectivity index (χ1) is 9.11. The molecule has 1 aliphatic rings. The lowest BCUT2D eigenvalue weighted by molar-refractivity contribution is 0.713. The van der Waals surface area contributed by atoms with Gasteiger partial charge in [-0.1, -0.05) is 6.92 Å². The molecule has 6 nitrogen and oxygen atoms in total. The molecule has 2 heterocycles. The van der Waals surface area contributed by atoms with Crippen molar-refractivity contribution >= 4 is 17.8 Å². The van der Waals surface area contributed by atoms with Gasteiger partial charge in [0.15, 0.2) is 0 Å². The second-order valence-electron chi connectivity index (χ2n) is 5.26. The van der Waals surface area contributed by atoms with Crippen molar-refractivity contribution in [3.05, 3.63) is 0 Å². The van der Waals surface area contributed by atoms with Crippen LogP contribution in [-0.4, -0.2) is 48.2 Å². The number of nitrogens with one attached hydrogen (secondary N) is 1. The quantitative estimate of drug-likeness (QED) is 0.874. The lowest BCUT2D eigenvalue weighted by Crippen LogP contribution is -2.29. The van der Waals surface area contributed by atoms with Gasteiger partial charge in [0.05, 0.1) is 0 Å². The van der Waals surface area contributed by atoms with Crippen LogP contribution in [0.15, 0.2) is 0 Å². The lowest BCUT2D eigenvalue weighted by Gasteiger charge is -2.23. The van der Waals surface area contributed by atoms with E-state index < -0.39 is 0 Å². The topological polar surface area (TPSA) is 57.2 Å². The van der Waals surface area contributed by atoms with Gasteiger partial charge in [-0.05, 0) is 26.2 Å². The molecule has 1 aromatic rings. The maximum atomic E-state index is 4.56. The van der Waals surface area contributed by atoms with Gasteiger partial charge in [0.25, 0.3) is 0 Å². The lowest BCUT2D eigenvalue weighted by atomic mass is 10.2. The van der Waals surface area contributed by atoms with E-state index in [-0.39, 0.29) is 0 Å². The number of anilines is 3. The molecule has 0 amide bonds. The first kappa shape index (κ1) is 13.8. The molecular formula is C13H24N6. The largest absolute Gasteiger partial charge is 0.354 e. The number of nitrogens with zero attached hydrogens (tertiary/aromatic N) is 5. The minimum atomic E-state index is 0.511. The first-order valence-electron chi connectivity index (χ1n) is 7.05. The third-order valence-corrected chi connectivity index (χ3v) is 3.35. The smallest absolute Gasteiger partial charge is 0.232 e. The molecule has 1 saturated heterocycles. The normalized spacial score (nSPS) is 18.7. The fourth-order valence-electron chi connectivity index (χ4n) is 2.23. The van der Waals surface area contributed by atoms with E-state index in [1.54, 1.807) is 0 Å². The summed E-state index contributed by atoms with van der Waals surface area (Å²) in [5.41, 5.74) is 0. The maximum Gasteiger partial charge on any atom is 0.232 e. The maximum absolute atomic E-state index is 4.56. The zero-order valence-electron chi connectivity index (χ0n) is 12.3. The fraction of sp³-hybridized carbons (Fsp3) is 0.769. The highest BCUT2D eigenvalue weighted by atomic mass is 15.4. The summed E-state index contributed by atoms with van der Waals surface area (Å²) in [5.74, 6) is 2.18. The van der Waals surface area contributed by atoms with Gasteiger partial charge in [0, 0.05) is 33.2 Å². The van der Waals surface area contributed by atoms with Gasteiger partial charge in [0.1, 0.15) is 0 Å². The van der Waals surface area contributed by atoms with Gasteiger partial charge < -0.3 is 15.1 Å². The molecule has 0 bridgehead atoms. The Kier molecular flexibility index (Phi) is 4.39. The van der Waals surface area contributed by atoms with Gasteiger partial charge in [-0.2, -0.15) is 15.0 Å².